The molecule has 0 aliphatic rings. The lowest BCUT2D eigenvalue weighted by Gasteiger charge is -2.02. The summed E-state index contributed by atoms with van der Waals surface area (Å²) >= 11 is 5.58. The summed E-state index contributed by atoms with van der Waals surface area (Å²) in [5, 5.41) is 10.7. The van der Waals surface area contributed by atoms with Crippen LogP contribution in [0.5, 0.6) is 0 Å². The Kier molecular flexibility index (Phi) is 4.67. The topological polar surface area (TPSA) is 94.4 Å². The summed E-state index contributed by atoms with van der Waals surface area (Å²) in [5.41, 5.74) is 5.02. The van der Waals surface area contributed by atoms with Gasteiger partial charge in [-0.15, -0.1) is 0 Å². The van der Waals surface area contributed by atoms with Crippen molar-refractivity contribution in [3.8, 4) is 0 Å². The van der Waals surface area contributed by atoms with Crippen LogP contribution >= 0.6 is 11.6 Å². The van der Waals surface area contributed by atoms with Crippen LogP contribution in [-0.4, -0.2) is 22.7 Å². The Morgan fingerprint density at radius 2 is 2.33 bits per heavy atom. The molecule has 9 heteroatoms. The molecule has 0 bridgehead atoms. The number of hydrogen-bond acceptors (Lipinski definition) is 5. The van der Waals surface area contributed by atoms with Gasteiger partial charge in [0.05, 0.1) is 10.5 Å². The van der Waals surface area contributed by atoms with E-state index >= 15 is 0 Å². The van der Waals surface area contributed by atoms with Gasteiger partial charge in [0.15, 0.2) is 0 Å². The first-order chi connectivity index (χ1) is 8.41. The number of halogens is 3. The number of pyridine rings is 1. The average molecular weight is 277 g/mol. The molecule has 0 unspecified atom stereocenters. The number of rotatable bonds is 4. The van der Waals surface area contributed by atoms with E-state index < -0.39 is 11.5 Å². The van der Waals surface area contributed by atoms with Crippen molar-refractivity contribution < 1.29 is 13.7 Å². The van der Waals surface area contributed by atoms with Gasteiger partial charge < -0.3 is 5.73 Å². The van der Waals surface area contributed by atoms with Gasteiger partial charge >= 0.3 is 6.55 Å². The standard InChI is InChI=1S/C9H7ClF2N4O2/c10-8-3-5(7(4-15-8)16(17)18)6(13)1-2-14-9(11)12/h1-4,9H,13H2/b6-1-,14-2+. The summed E-state index contributed by atoms with van der Waals surface area (Å²) in [7, 11) is 0. The number of nitrogens with zero attached hydrogens (tertiary/aromatic N) is 3. The van der Waals surface area contributed by atoms with Crippen molar-refractivity contribution in [2.75, 3.05) is 0 Å². The number of hydrogen-bond donors (Lipinski definition) is 1. The van der Waals surface area contributed by atoms with Gasteiger partial charge in [0.25, 0.3) is 5.69 Å². The van der Waals surface area contributed by atoms with Gasteiger partial charge in [0.2, 0.25) is 0 Å². The van der Waals surface area contributed by atoms with Gasteiger partial charge in [0, 0.05) is 11.9 Å². The van der Waals surface area contributed by atoms with Crippen LogP contribution in [0.2, 0.25) is 5.15 Å². The molecular weight excluding hydrogens is 270 g/mol. The van der Waals surface area contributed by atoms with Crippen LogP contribution < -0.4 is 5.73 Å². The Balaban J connectivity index is 3.15. The van der Waals surface area contributed by atoms with E-state index in [1.807, 2.05) is 0 Å². The minimum atomic E-state index is -2.87. The molecule has 0 atom stereocenters. The zero-order valence-corrected chi connectivity index (χ0v) is 9.51. The molecule has 1 aromatic heterocycles. The van der Waals surface area contributed by atoms with Gasteiger partial charge in [-0.2, -0.15) is 8.78 Å². The Morgan fingerprint density at radius 1 is 1.67 bits per heavy atom. The number of aromatic nitrogens is 1. The Morgan fingerprint density at radius 3 is 2.89 bits per heavy atom. The first kappa shape index (κ1) is 14.0. The third-order valence-electron chi connectivity index (χ3n) is 1.81. The highest BCUT2D eigenvalue weighted by Crippen LogP contribution is 2.24. The van der Waals surface area contributed by atoms with E-state index in [0.717, 1.165) is 18.5 Å². The van der Waals surface area contributed by atoms with E-state index in [1.165, 1.54) is 6.07 Å². The van der Waals surface area contributed by atoms with Gasteiger partial charge in [0.1, 0.15) is 11.3 Å². The maximum atomic E-state index is 11.8. The second-order valence-electron chi connectivity index (χ2n) is 2.98. The van der Waals surface area contributed by atoms with Crippen LogP contribution in [0.25, 0.3) is 5.70 Å². The fraction of sp³-hybridized carbons (Fsp3) is 0.111. The van der Waals surface area contributed by atoms with Crippen molar-refractivity contribution >= 4 is 29.2 Å². The molecule has 0 aromatic carbocycles. The molecule has 2 N–H and O–H groups in total. The first-order valence-electron chi connectivity index (χ1n) is 4.49. The highest BCUT2D eigenvalue weighted by atomic mass is 35.5. The van der Waals surface area contributed by atoms with Crippen LogP contribution in [-0.2, 0) is 0 Å². The van der Waals surface area contributed by atoms with Crippen molar-refractivity contribution in [2.45, 2.75) is 6.55 Å². The number of allylic oxidation sites excluding steroid dienone is 1. The maximum absolute atomic E-state index is 11.8. The van der Waals surface area contributed by atoms with E-state index in [9.17, 15) is 18.9 Å². The van der Waals surface area contributed by atoms with Crippen LogP contribution in [0.1, 0.15) is 5.56 Å². The summed E-state index contributed by atoms with van der Waals surface area (Å²) in [6.45, 7) is -2.87. The lowest BCUT2D eigenvalue weighted by molar-refractivity contribution is -0.385. The SMILES string of the molecule is N/C(=C\C=N\C(F)F)c1cc(Cl)ncc1[N+](=O)[O-]. The number of aliphatic imine (C=N–C) groups is 1. The summed E-state index contributed by atoms with van der Waals surface area (Å²) in [6.07, 6.45) is 2.71. The van der Waals surface area contributed by atoms with E-state index in [4.69, 9.17) is 17.3 Å². The molecule has 0 saturated carbocycles. The normalized spacial score (nSPS) is 12.3. The van der Waals surface area contributed by atoms with E-state index in [0.29, 0.717) is 0 Å². The van der Waals surface area contributed by atoms with Crippen molar-refractivity contribution in [1.29, 1.82) is 0 Å². The summed E-state index contributed by atoms with van der Waals surface area (Å²) < 4.78 is 23.5. The Bertz CT molecular complexity index is 519. The molecule has 18 heavy (non-hydrogen) atoms. The summed E-state index contributed by atoms with van der Waals surface area (Å²) in [6, 6.07) is 1.17. The number of alkyl halides is 2. The van der Waals surface area contributed by atoms with E-state index in [-0.39, 0.29) is 22.1 Å². The zero-order chi connectivity index (χ0) is 13.7. The minimum Gasteiger partial charge on any atom is -0.398 e. The molecule has 6 nitrogen and oxygen atoms in total. The predicted octanol–water partition coefficient (Wildman–Crippen LogP) is 2.24. The lowest BCUT2D eigenvalue weighted by Crippen LogP contribution is -2.02. The molecule has 0 saturated heterocycles. The molecule has 1 heterocycles. The van der Waals surface area contributed by atoms with Crippen molar-refractivity contribution in [3.63, 3.8) is 0 Å². The third-order valence-corrected chi connectivity index (χ3v) is 2.02. The molecule has 1 rings (SSSR count). The number of nitro groups is 1. The molecule has 0 aliphatic carbocycles. The molecule has 96 valence electrons. The second-order valence-corrected chi connectivity index (χ2v) is 3.37. The minimum absolute atomic E-state index is 0.00208. The zero-order valence-electron chi connectivity index (χ0n) is 8.76. The third kappa shape index (κ3) is 3.74. The van der Waals surface area contributed by atoms with Crippen LogP contribution in [0.3, 0.4) is 0 Å². The fourth-order valence-electron chi connectivity index (χ4n) is 1.08. The molecule has 0 amide bonds. The predicted molar refractivity (Wildman–Crippen MR) is 62.6 cm³/mol. The molecule has 0 fully saturated rings. The molecule has 1 aromatic rings. The molecular formula is C9H7ClF2N4O2. The first-order valence-corrected chi connectivity index (χ1v) is 4.87. The van der Waals surface area contributed by atoms with Crippen molar-refractivity contribution in [2.24, 2.45) is 10.7 Å². The number of nitrogens with two attached hydrogens (primary N) is 1. The Hall–Kier alpha value is -2.09. The van der Waals surface area contributed by atoms with Crippen LogP contribution in [0, 0.1) is 10.1 Å². The molecule has 0 radical (unpaired) electrons. The monoisotopic (exact) mass is 276 g/mol. The fourth-order valence-corrected chi connectivity index (χ4v) is 1.24. The van der Waals surface area contributed by atoms with Crippen molar-refractivity contribution in [1.82, 2.24) is 4.98 Å². The molecule has 0 spiro atoms. The van der Waals surface area contributed by atoms with Gasteiger partial charge in [-0.1, -0.05) is 11.6 Å². The van der Waals surface area contributed by atoms with E-state index in [2.05, 4.69) is 9.98 Å². The second kappa shape index (κ2) is 6.01. The molecule has 0 aliphatic heterocycles. The van der Waals surface area contributed by atoms with Gasteiger partial charge in [-0.3, -0.25) is 10.1 Å². The largest absolute Gasteiger partial charge is 0.398 e. The van der Waals surface area contributed by atoms with E-state index in [1.54, 1.807) is 0 Å². The van der Waals surface area contributed by atoms with Crippen LogP contribution in [0.15, 0.2) is 23.3 Å². The quantitative estimate of drug-likeness (QED) is 0.300. The van der Waals surface area contributed by atoms with Crippen LogP contribution in [0.4, 0.5) is 14.5 Å². The average Bonchev–Trinajstić information content (AvgIpc) is 2.27. The van der Waals surface area contributed by atoms with Gasteiger partial charge in [-0.05, 0) is 12.1 Å². The summed E-state index contributed by atoms with van der Waals surface area (Å²) in [5.74, 6) is 0. The van der Waals surface area contributed by atoms with Crippen molar-refractivity contribution in [3.05, 3.63) is 39.2 Å². The Labute approximate surface area is 105 Å². The highest BCUT2D eigenvalue weighted by Gasteiger charge is 2.16. The summed E-state index contributed by atoms with van der Waals surface area (Å²) in [4.78, 5) is 16.3. The smallest absolute Gasteiger partial charge is 0.331 e. The highest BCUT2D eigenvalue weighted by molar-refractivity contribution is 6.29. The maximum Gasteiger partial charge on any atom is 0.331 e. The van der Waals surface area contributed by atoms with Gasteiger partial charge in [-0.25, -0.2) is 9.98 Å². The lowest BCUT2D eigenvalue weighted by atomic mass is 10.1.